The molecule has 4 amide bonds. The van der Waals surface area contributed by atoms with E-state index in [-0.39, 0.29) is 116 Å². The zero-order valence-corrected chi connectivity index (χ0v) is 52.8. The van der Waals surface area contributed by atoms with Crippen LogP contribution in [0.3, 0.4) is 0 Å². The summed E-state index contributed by atoms with van der Waals surface area (Å²) in [5, 5.41) is 99.2. The first-order valence-corrected chi connectivity index (χ1v) is 30.1. The van der Waals surface area contributed by atoms with E-state index in [4.69, 9.17) is 25.3 Å². The summed E-state index contributed by atoms with van der Waals surface area (Å²) in [7, 11) is 0. The van der Waals surface area contributed by atoms with Gasteiger partial charge in [0.1, 0.15) is 5.78 Å². The van der Waals surface area contributed by atoms with Crippen molar-refractivity contribution in [2.24, 2.45) is 0 Å². The van der Waals surface area contributed by atoms with Crippen LogP contribution in [0.5, 0.6) is 0 Å². The van der Waals surface area contributed by atoms with Crippen LogP contribution in [-0.2, 0) is 94.4 Å². The van der Waals surface area contributed by atoms with Gasteiger partial charge in [-0.3, -0.25) is 101 Å². The highest BCUT2D eigenvalue weighted by Gasteiger charge is 2.33. The van der Waals surface area contributed by atoms with E-state index in [1.165, 1.54) is 14.7 Å². The smallest absolute Gasteiger partial charge is 0.333 e. The molecule has 1 saturated heterocycles. The lowest BCUT2D eigenvalue weighted by atomic mass is 10.0. The molecule has 36 heteroatoms. The van der Waals surface area contributed by atoms with E-state index in [9.17, 15) is 107 Å². The fourth-order valence-electron chi connectivity index (χ4n) is 9.73. The SMILES string of the molecule is C.CCC(=O)CCCCC(=O)Nc1ccc(C[C@@H](CN(CCN(CC(=O)O)CC(=O)O)CC(=O)O)N(CC(=O)O)CC(=O)O)cc1.O=C(O)CN(CCN(CC(=O)O)C[C@H](Cc1ccc(NC(=O)CCCCC(=O)ON2C(=O)CCC2=O)cc1)N(CC(=O)O)CC(=O)O)CC(=O)O. The molecule has 1 aliphatic rings. The number of carboxylic acids is 10. The Labute approximate surface area is 556 Å². The summed E-state index contributed by atoms with van der Waals surface area (Å²) in [5.41, 5.74) is 2.08. The van der Waals surface area contributed by atoms with Crippen LogP contribution in [-0.4, -0.2) is 297 Å². The maximum absolute atomic E-state index is 12.5. The molecule has 2 aromatic carbocycles. The predicted molar refractivity (Wildman–Crippen MR) is 337 cm³/mol. The molecule has 0 aromatic heterocycles. The maximum Gasteiger partial charge on any atom is 0.333 e. The number of benzene rings is 2. The van der Waals surface area contributed by atoms with Crippen LogP contribution in [0.4, 0.5) is 11.4 Å². The first-order chi connectivity index (χ1) is 45.2. The molecule has 0 radical (unpaired) electrons. The van der Waals surface area contributed by atoms with Gasteiger partial charge in [-0.1, -0.05) is 38.6 Å². The van der Waals surface area contributed by atoms with Crippen molar-refractivity contribution in [3.05, 3.63) is 59.7 Å². The Balaban J connectivity index is 0.000000968. The molecule has 3 rings (SSSR count). The molecule has 2 aromatic rings. The highest BCUT2D eigenvalue weighted by molar-refractivity contribution is 6.01. The molecule has 36 nitrogen and oxygen atoms in total. The molecular weight excluding hydrogens is 1290 g/mol. The topological polar surface area (TPSA) is 531 Å². The third-order valence-electron chi connectivity index (χ3n) is 14.1. The van der Waals surface area contributed by atoms with Gasteiger partial charge in [0.05, 0.1) is 65.4 Å². The number of hydrogen-bond donors (Lipinski definition) is 12. The number of ketones is 1. The first kappa shape index (κ1) is 85.1. The number of anilines is 2. The van der Waals surface area contributed by atoms with Crippen LogP contribution in [0.1, 0.15) is 96.1 Å². The number of imide groups is 1. The lowest BCUT2D eigenvalue weighted by molar-refractivity contribution is -0.197. The second-order valence-electron chi connectivity index (χ2n) is 22.2. The molecule has 1 heterocycles. The average Bonchev–Trinajstić information content (AvgIpc) is 0.949. The molecule has 1 fully saturated rings. The largest absolute Gasteiger partial charge is 0.480 e. The Morgan fingerprint density at radius 2 is 0.691 bits per heavy atom. The number of aliphatic carboxylic acids is 10. The summed E-state index contributed by atoms with van der Waals surface area (Å²) in [6.45, 7) is -5.48. The van der Waals surface area contributed by atoms with Crippen molar-refractivity contribution in [2.75, 3.05) is 115 Å². The van der Waals surface area contributed by atoms with Gasteiger partial charge in [-0.15, -0.1) is 5.06 Å². The van der Waals surface area contributed by atoms with Crippen molar-refractivity contribution in [3.63, 3.8) is 0 Å². The minimum atomic E-state index is -1.34. The number of nitrogens with zero attached hydrogens (tertiary/aromatic N) is 7. The van der Waals surface area contributed by atoms with Gasteiger partial charge in [0.2, 0.25) is 11.8 Å². The van der Waals surface area contributed by atoms with Gasteiger partial charge >= 0.3 is 65.7 Å². The van der Waals surface area contributed by atoms with Crippen molar-refractivity contribution in [2.45, 2.75) is 110 Å². The van der Waals surface area contributed by atoms with Gasteiger partial charge in [0.25, 0.3) is 11.8 Å². The zero-order valence-electron chi connectivity index (χ0n) is 52.8. The summed E-state index contributed by atoms with van der Waals surface area (Å²) >= 11 is 0. The molecular formula is C61H87N9O27. The minimum absolute atomic E-state index is 0. The molecule has 0 saturated carbocycles. The van der Waals surface area contributed by atoms with E-state index < -0.39 is 155 Å². The molecule has 1 aliphatic heterocycles. The second-order valence-corrected chi connectivity index (χ2v) is 22.2. The van der Waals surface area contributed by atoms with Crippen LogP contribution in [0.15, 0.2) is 48.5 Å². The Hall–Kier alpha value is -9.88. The van der Waals surface area contributed by atoms with Crippen LogP contribution >= 0.6 is 0 Å². The summed E-state index contributed by atoms with van der Waals surface area (Å²) in [6.07, 6.45) is 2.81. The number of amides is 4. The summed E-state index contributed by atoms with van der Waals surface area (Å²) in [6, 6.07) is 11.1. The standard InChI is InChI=1S/C31H41N5O15.C29H42N4O12.CH4/c37-23(3-1-2-4-31(50)51-36-24(38)9-10-25(36)39)32-21-7-5-20(6-8-21)13-22(35(18-29(46)47)19-30(48)49)14-33(15-26(40)41)11-12-34(16-27(42)43)17-28(44)45;1-2-23(34)5-3-4-6-24(35)30-21-9-7-20(8-10-21)13-22(33(18-28(42)43)19-29(44)45)14-31(15-25(36)37)11-12-32(16-26(38)39)17-27(40)41;/h5-8,22H,1-4,9-19H2,(H,32,37)(H,40,41)(H,42,43)(H,44,45)(H,46,47)(H,48,49);7-10,22H,2-6,11-19H2,1H3,(H,30,35)(H,36,37)(H,38,39)(H,40,41)(H,42,43)(H,44,45);1H4/t2*22-;/m00./s1. The fourth-order valence-corrected chi connectivity index (χ4v) is 9.73. The number of unbranched alkanes of at least 4 members (excludes halogenated alkanes) is 2. The van der Waals surface area contributed by atoms with Crippen LogP contribution in [0.2, 0.25) is 0 Å². The monoisotopic (exact) mass is 1380 g/mol. The van der Waals surface area contributed by atoms with Crippen LogP contribution < -0.4 is 10.6 Å². The normalized spacial score (nSPS) is 12.5. The first-order valence-electron chi connectivity index (χ1n) is 30.1. The number of Topliss-reactive ketones (excluding diaryl/α,β-unsaturated/α-hetero) is 1. The van der Waals surface area contributed by atoms with Gasteiger partial charge < -0.3 is 66.5 Å². The Morgan fingerprint density at radius 1 is 0.412 bits per heavy atom. The Kier molecular flexibility index (Phi) is 39.9. The van der Waals surface area contributed by atoms with Crippen molar-refractivity contribution in [1.82, 2.24) is 34.5 Å². The number of carbonyl (C=O) groups excluding carboxylic acids is 6. The van der Waals surface area contributed by atoms with Gasteiger partial charge in [0, 0.05) is 108 Å². The van der Waals surface area contributed by atoms with Gasteiger partial charge in [-0.25, -0.2) is 4.79 Å². The second kappa shape index (κ2) is 45.5. The Morgan fingerprint density at radius 3 is 0.990 bits per heavy atom. The molecule has 0 spiro atoms. The third kappa shape index (κ3) is 38.9. The average molecular weight is 1380 g/mol. The summed E-state index contributed by atoms with van der Waals surface area (Å²) < 4.78 is 0. The van der Waals surface area contributed by atoms with E-state index in [1.807, 2.05) is 0 Å². The quantitative estimate of drug-likeness (QED) is 0.0308. The molecule has 97 heavy (non-hydrogen) atoms. The number of carboxylic acid groups (broad SMARTS) is 10. The lowest BCUT2D eigenvalue weighted by Crippen LogP contribution is -2.51. The molecule has 0 aliphatic carbocycles. The highest BCUT2D eigenvalue weighted by atomic mass is 16.7. The molecule has 2 atom stereocenters. The van der Waals surface area contributed by atoms with Crippen LogP contribution in [0.25, 0.3) is 0 Å². The van der Waals surface area contributed by atoms with E-state index >= 15 is 0 Å². The van der Waals surface area contributed by atoms with Gasteiger partial charge in [0.15, 0.2) is 0 Å². The maximum atomic E-state index is 12.5. The third-order valence-corrected chi connectivity index (χ3v) is 14.1. The lowest BCUT2D eigenvalue weighted by Gasteiger charge is -2.34. The highest BCUT2D eigenvalue weighted by Crippen LogP contribution is 2.20. The summed E-state index contributed by atoms with van der Waals surface area (Å²) in [5.74, 6) is -15.4. The number of hydrogen-bond acceptors (Lipinski definition) is 23. The fraction of sp³-hybridized carbons (Fsp3) is 0.541. The Bertz CT molecular complexity index is 2940. The molecule has 0 bridgehead atoms. The molecule has 0 unspecified atom stereocenters. The molecule has 12 N–H and O–H groups in total. The van der Waals surface area contributed by atoms with Gasteiger partial charge in [-0.05, 0) is 73.9 Å². The number of carbonyl (C=O) groups is 16. The minimum Gasteiger partial charge on any atom is -0.480 e. The van der Waals surface area contributed by atoms with E-state index in [2.05, 4.69) is 10.6 Å². The summed E-state index contributed by atoms with van der Waals surface area (Å²) in [4.78, 5) is 198. The van der Waals surface area contributed by atoms with Crippen molar-refractivity contribution in [1.29, 1.82) is 0 Å². The number of hydroxylamine groups is 2. The van der Waals surface area contributed by atoms with E-state index in [1.54, 1.807) is 55.5 Å². The van der Waals surface area contributed by atoms with E-state index in [0.717, 1.165) is 14.7 Å². The molecule has 538 valence electrons. The van der Waals surface area contributed by atoms with E-state index in [0.29, 0.717) is 59.7 Å². The predicted octanol–water partition coefficient (Wildman–Crippen LogP) is 0.0736. The zero-order chi connectivity index (χ0) is 72.0. The van der Waals surface area contributed by atoms with Gasteiger partial charge in [-0.2, -0.15) is 0 Å². The van der Waals surface area contributed by atoms with Crippen molar-refractivity contribution in [3.8, 4) is 0 Å². The van der Waals surface area contributed by atoms with Crippen molar-refractivity contribution >= 4 is 106 Å². The number of rotatable bonds is 50. The number of nitrogens with one attached hydrogen (secondary N) is 2. The van der Waals surface area contributed by atoms with Crippen molar-refractivity contribution < 1.29 is 133 Å². The van der Waals surface area contributed by atoms with Crippen LogP contribution in [0, 0.1) is 0 Å².